The van der Waals surface area contributed by atoms with Gasteiger partial charge in [0.25, 0.3) is 0 Å². The van der Waals surface area contributed by atoms with Crippen molar-refractivity contribution < 1.29 is 14.3 Å². The van der Waals surface area contributed by atoms with Crippen LogP contribution >= 0.6 is 0 Å². The summed E-state index contributed by atoms with van der Waals surface area (Å²) in [6.45, 7) is 10.5. The first kappa shape index (κ1) is 20.5. The van der Waals surface area contributed by atoms with Gasteiger partial charge in [0, 0.05) is 31.0 Å². The second kappa shape index (κ2) is 8.41. The Morgan fingerprint density at radius 1 is 1.04 bits per heavy atom. The van der Waals surface area contributed by atoms with Gasteiger partial charge in [0.2, 0.25) is 5.91 Å². The summed E-state index contributed by atoms with van der Waals surface area (Å²) in [5.41, 5.74) is 1.39. The molecule has 2 aliphatic heterocycles. The van der Waals surface area contributed by atoms with Crippen LogP contribution in [-0.2, 0) is 9.53 Å². The molecule has 0 aliphatic carbocycles. The number of carbonyl (C=O) groups excluding carboxylic acids is 2. The molecule has 0 radical (unpaired) electrons. The second-order valence-corrected chi connectivity index (χ2v) is 9.04. The van der Waals surface area contributed by atoms with Crippen molar-refractivity contribution in [2.45, 2.75) is 65.0 Å². The van der Waals surface area contributed by atoms with Crippen LogP contribution in [0.25, 0.3) is 0 Å². The minimum atomic E-state index is -0.567. The summed E-state index contributed by atoms with van der Waals surface area (Å²) in [5, 5.41) is 2.96. The van der Waals surface area contributed by atoms with Crippen molar-refractivity contribution in [1.29, 1.82) is 0 Å². The summed E-state index contributed by atoms with van der Waals surface area (Å²) in [5.74, 6) is 0.650. The van der Waals surface area contributed by atoms with Crippen LogP contribution in [0.5, 0.6) is 0 Å². The zero-order valence-electron chi connectivity index (χ0n) is 17.5. The summed E-state index contributed by atoms with van der Waals surface area (Å²) in [4.78, 5) is 29.1. The highest BCUT2D eigenvalue weighted by molar-refractivity contribution is 5.97. The van der Waals surface area contributed by atoms with E-state index in [1.165, 1.54) is 18.5 Å². The van der Waals surface area contributed by atoms with Crippen LogP contribution < -0.4 is 10.2 Å². The lowest BCUT2D eigenvalue weighted by atomic mass is 9.99. The molecule has 1 aromatic rings. The second-order valence-electron chi connectivity index (χ2n) is 9.04. The van der Waals surface area contributed by atoms with Crippen LogP contribution in [0.1, 0.15) is 53.4 Å². The maximum atomic E-state index is 12.7. The predicted molar refractivity (Wildman–Crippen MR) is 112 cm³/mol. The molecule has 2 saturated heterocycles. The van der Waals surface area contributed by atoms with Gasteiger partial charge in [0.05, 0.1) is 0 Å². The van der Waals surface area contributed by atoms with Crippen LogP contribution in [0.3, 0.4) is 0 Å². The fraction of sp³-hybridized carbons (Fsp3) is 0.636. The molecule has 0 bridgehead atoms. The Balaban J connectivity index is 1.58. The Morgan fingerprint density at radius 2 is 1.68 bits per heavy atom. The van der Waals surface area contributed by atoms with E-state index in [-0.39, 0.29) is 5.91 Å². The third-order valence-corrected chi connectivity index (χ3v) is 5.47. The van der Waals surface area contributed by atoms with Crippen LogP contribution in [-0.4, -0.2) is 48.2 Å². The number of anilines is 2. The normalized spacial score (nSPS) is 20.9. The molecular formula is C22H33N3O3. The van der Waals surface area contributed by atoms with Gasteiger partial charge in [-0.2, -0.15) is 0 Å². The average Bonchev–Trinajstić information content (AvgIpc) is 3.12. The van der Waals surface area contributed by atoms with E-state index in [4.69, 9.17) is 4.74 Å². The summed E-state index contributed by atoms with van der Waals surface area (Å²) >= 11 is 0. The van der Waals surface area contributed by atoms with Gasteiger partial charge in [0.1, 0.15) is 11.6 Å². The first-order valence-corrected chi connectivity index (χ1v) is 10.4. The summed E-state index contributed by atoms with van der Waals surface area (Å²) in [7, 11) is 0. The quantitative estimate of drug-likeness (QED) is 0.842. The molecule has 6 nitrogen and oxygen atoms in total. The lowest BCUT2D eigenvalue weighted by molar-refractivity contribution is -0.120. The lowest BCUT2D eigenvalue weighted by Gasteiger charge is -2.32. The number of nitrogens with one attached hydrogen (secondary N) is 1. The number of amides is 2. The van der Waals surface area contributed by atoms with E-state index >= 15 is 0 Å². The van der Waals surface area contributed by atoms with Crippen LogP contribution in [0.4, 0.5) is 16.2 Å². The molecule has 2 amide bonds. The Bertz CT molecular complexity index is 688. The van der Waals surface area contributed by atoms with Crippen molar-refractivity contribution in [1.82, 2.24) is 4.90 Å². The Kier molecular flexibility index (Phi) is 6.16. The smallest absolute Gasteiger partial charge is 0.410 e. The van der Waals surface area contributed by atoms with E-state index in [1.807, 2.05) is 32.9 Å². The third-order valence-electron chi connectivity index (χ3n) is 5.47. The first-order chi connectivity index (χ1) is 13.2. The summed E-state index contributed by atoms with van der Waals surface area (Å²) in [6.07, 6.45) is 3.50. The highest BCUT2D eigenvalue weighted by Crippen LogP contribution is 2.26. The topological polar surface area (TPSA) is 61.9 Å². The highest BCUT2D eigenvalue weighted by atomic mass is 16.6. The largest absolute Gasteiger partial charge is 0.444 e. The fourth-order valence-corrected chi connectivity index (χ4v) is 3.83. The van der Waals surface area contributed by atoms with Crippen LogP contribution in [0, 0.1) is 5.92 Å². The molecule has 2 aliphatic rings. The van der Waals surface area contributed by atoms with Gasteiger partial charge in [-0.25, -0.2) is 4.79 Å². The Labute approximate surface area is 168 Å². The van der Waals surface area contributed by atoms with Crippen molar-refractivity contribution in [3.63, 3.8) is 0 Å². The van der Waals surface area contributed by atoms with Gasteiger partial charge in [-0.05, 0) is 76.6 Å². The number of nitrogens with zero attached hydrogens (tertiary/aromatic N) is 2. The monoisotopic (exact) mass is 387 g/mol. The van der Waals surface area contributed by atoms with Gasteiger partial charge >= 0.3 is 6.09 Å². The number of hydrogen-bond acceptors (Lipinski definition) is 4. The van der Waals surface area contributed by atoms with Gasteiger partial charge in [-0.1, -0.05) is 6.92 Å². The maximum absolute atomic E-state index is 12.7. The molecule has 0 spiro atoms. The van der Waals surface area contributed by atoms with Crippen molar-refractivity contribution in [2.75, 3.05) is 29.9 Å². The predicted octanol–water partition coefficient (Wildman–Crippen LogP) is 4.26. The molecule has 1 aromatic carbocycles. The molecular weight excluding hydrogens is 354 g/mol. The van der Waals surface area contributed by atoms with Gasteiger partial charge < -0.3 is 15.0 Å². The zero-order chi connectivity index (χ0) is 20.3. The fourth-order valence-electron chi connectivity index (χ4n) is 3.83. The van der Waals surface area contributed by atoms with Crippen molar-refractivity contribution >= 4 is 23.4 Å². The van der Waals surface area contributed by atoms with E-state index in [2.05, 4.69) is 29.3 Å². The number of rotatable bonds is 3. The van der Waals surface area contributed by atoms with E-state index in [9.17, 15) is 9.59 Å². The van der Waals surface area contributed by atoms with Crippen molar-refractivity contribution in [3.05, 3.63) is 24.3 Å². The van der Waals surface area contributed by atoms with Crippen LogP contribution in [0.2, 0.25) is 0 Å². The minimum absolute atomic E-state index is 0.150. The number of piperidine rings is 1. The van der Waals surface area contributed by atoms with Crippen molar-refractivity contribution in [3.8, 4) is 0 Å². The molecule has 1 unspecified atom stereocenters. The molecule has 0 aromatic heterocycles. The summed E-state index contributed by atoms with van der Waals surface area (Å²) in [6, 6.07) is 7.53. The molecule has 154 valence electrons. The molecule has 2 heterocycles. The number of likely N-dealkylation sites (tertiary alicyclic amines) is 1. The molecule has 2 fully saturated rings. The van der Waals surface area contributed by atoms with Gasteiger partial charge in [0.15, 0.2) is 0 Å². The van der Waals surface area contributed by atoms with E-state index < -0.39 is 17.7 Å². The first-order valence-electron chi connectivity index (χ1n) is 10.4. The van der Waals surface area contributed by atoms with Crippen molar-refractivity contribution in [2.24, 2.45) is 5.92 Å². The van der Waals surface area contributed by atoms with Gasteiger partial charge in [-0.3, -0.25) is 9.69 Å². The molecule has 6 heteroatoms. The molecule has 3 rings (SSSR count). The molecule has 28 heavy (non-hydrogen) atoms. The Morgan fingerprint density at radius 3 is 2.29 bits per heavy atom. The minimum Gasteiger partial charge on any atom is -0.444 e. The third kappa shape index (κ3) is 5.18. The lowest BCUT2D eigenvalue weighted by Crippen LogP contribution is -2.45. The number of ether oxygens (including phenoxy) is 1. The standard InChI is InChI=1S/C22H33N3O3/c1-16-11-14-24(15-12-16)18-9-7-17(8-10-18)23-20(26)19-6-5-13-25(19)21(27)28-22(2,3)4/h7-10,16,19H,5-6,11-15H2,1-4H3,(H,23,26). The van der Waals surface area contributed by atoms with Crippen LogP contribution in [0.15, 0.2) is 24.3 Å². The van der Waals surface area contributed by atoms with Gasteiger partial charge in [-0.15, -0.1) is 0 Å². The number of benzene rings is 1. The molecule has 1 atom stereocenters. The van der Waals surface area contributed by atoms with E-state index in [0.717, 1.165) is 31.1 Å². The molecule has 1 N–H and O–H groups in total. The maximum Gasteiger partial charge on any atom is 0.410 e. The van der Waals surface area contributed by atoms with E-state index in [1.54, 1.807) is 4.90 Å². The highest BCUT2D eigenvalue weighted by Gasteiger charge is 2.36. The zero-order valence-corrected chi connectivity index (χ0v) is 17.5. The summed E-state index contributed by atoms with van der Waals surface area (Å²) < 4.78 is 5.44. The number of hydrogen-bond donors (Lipinski definition) is 1. The average molecular weight is 388 g/mol. The number of carbonyl (C=O) groups is 2. The Hall–Kier alpha value is -2.24. The molecule has 0 saturated carbocycles. The van der Waals surface area contributed by atoms with E-state index in [0.29, 0.717) is 13.0 Å². The SMILES string of the molecule is CC1CCN(c2ccc(NC(=O)C3CCCN3C(=O)OC(C)(C)C)cc2)CC1.